The summed E-state index contributed by atoms with van der Waals surface area (Å²) < 4.78 is 7.05. The maximum atomic E-state index is 10.8. The minimum atomic E-state index is -1.59. The molecular formula is C14H18ClN3O2. The van der Waals surface area contributed by atoms with Gasteiger partial charge in [-0.2, -0.15) is 9.78 Å². The van der Waals surface area contributed by atoms with Crippen molar-refractivity contribution < 1.29 is 9.84 Å². The molecule has 1 unspecified atom stereocenters. The van der Waals surface area contributed by atoms with Gasteiger partial charge in [-0.05, 0) is 29.7 Å². The van der Waals surface area contributed by atoms with Crippen molar-refractivity contribution in [2.24, 2.45) is 5.41 Å². The van der Waals surface area contributed by atoms with E-state index in [-0.39, 0.29) is 5.41 Å². The minimum absolute atomic E-state index is 0.160. The zero-order chi connectivity index (χ0) is 14.8. The molecule has 1 heterocycles. The first-order chi connectivity index (χ1) is 9.28. The van der Waals surface area contributed by atoms with Crippen molar-refractivity contribution in [2.75, 3.05) is 0 Å². The second-order valence-corrected chi connectivity index (χ2v) is 6.31. The molecule has 0 radical (unpaired) electrons. The van der Waals surface area contributed by atoms with Crippen LogP contribution in [0, 0.1) is 5.41 Å². The number of aromatic nitrogens is 3. The van der Waals surface area contributed by atoms with Gasteiger partial charge < -0.3 is 9.84 Å². The lowest BCUT2D eigenvalue weighted by atomic mass is 9.90. The highest BCUT2D eigenvalue weighted by Crippen LogP contribution is 2.32. The van der Waals surface area contributed by atoms with Crippen molar-refractivity contribution in [3.05, 3.63) is 41.9 Å². The molecule has 0 amide bonds. The van der Waals surface area contributed by atoms with Gasteiger partial charge in [0, 0.05) is 11.4 Å². The molecular weight excluding hydrogens is 278 g/mol. The number of nitrogens with zero attached hydrogens (tertiary/aromatic N) is 3. The summed E-state index contributed by atoms with van der Waals surface area (Å²) in [6.07, 6.45) is 3.15. The van der Waals surface area contributed by atoms with Gasteiger partial charge in [-0.1, -0.05) is 32.4 Å². The monoisotopic (exact) mass is 295 g/mol. The fourth-order valence-corrected chi connectivity index (χ4v) is 2.06. The zero-order valence-electron chi connectivity index (χ0n) is 11.7. The van der Waals surface area contributed by atoms with Crippen LogP contribution in [0.5, 0.6) is 5.75 Å². The normalized spacial score (nSPS) is 14.8. The molecule has 0 aliphatic carbocycles. The van der Waals surface area contributed by atoms with Crippen LogP contribution in [0.25, 0.3) is 0 Å². The topological polar surface area (TPSA) is 60.2 Å². The van der Waals surface area contributed by atoms with E-state index in [4.69, 9.17) is 16.3 Å². The Hall–Kier alpha value is -1.59. The van der Waals surface area contributed by atoms with E-state index >= 15 is 0 Å². The van der Waals surface area contributed by atoms with Crippen molar-refractivity contribution in [2.45, 2.75) is 33.1 Å². The second kappa shape index (κ2) is 5.42. The van der Waals surface area contributed by atoms with Crippen molar-refractivity contribution in [1.82, 2.24) is 14.8 Å². The predicted molar refractivity (Wildman–Crippen MR) is 76.4 cm³/mol. The third-order valence-electron chi connectivity index (χ3n) is 2.63. The molecule has 1 N–H and O–H groups in total. The number of hydrogen-bond donors (Lipinski definition) is 1. The van der Waals surface area contributed by atoms with Gasteiger partial charge in [0.25, 0.3) is 0 Å². The minimum Gasteiger partial charge on any atom is -0.443 e. The third kappa shape index (κ3) is 3.71. The third-order valence-corrected chi connectivity index (χ3v) is 2.88. The van der Waals surface area contributed by atoms with Crippen molar-refractivity contribution >= 4 is 11.6 Å². The molecule has 0 fully saturated rings. The fraction of sp³-hybridized carbons (Fsp3) is 0.429. The van der Waals surface area contributed by atoms with Crippen molar-refractivity contribution in [3.8, 4) is 5.75 Å². The van der Waals surface area contributed by atoms with Crippen molar-refractivity contribution in [3.63, 3.8) is 0 Å². The molecule has 0 aliphatic heterocycles. The maximum absolute atomic E-state index is 10.8. The van der Waals surface area contributed by atoms with E-state index in [0.717, 1.165) is 0 Å². The number of hydrogen-bond acceptors (Lipinski definition) is 4. The van der Waals surface area contributed by atoms with Crippen LogP contribution in [0.3, 0.4) is 0 Å². The molecule has 2 rings (SSSR count). The molecule has 0 bridgehead atoms. The first-order valence-corrected chi connectivity index (χ1v) is 6.68. The Kier molecular flexibility index (Phi) is 4.01. The van der Waals surface area contributed by atoms with E-state index in [1.165, 1.54) is 17.3 Å². The predicted octanol–water partition coefficient (Wildman–Crippen LogP) is 3.05. The van der Waals surface area contributed by atoms with Gasteiger partial charge in [-0.3, -0.25) is 0 Å². The van der Waals surface area contributed by atoms with Crippen LogP contribution in [0.15, 0.2) is 36.9 Å². The van der Waals surface area contributed by atoms with Crippen LogP contribution < -0.4 is 4.74 Å². The summed E-state index contributed by atoms with van der Waals surface area (Å²) in [5.74, 6) is -1.08. The number of halogens is 1. The summed E-state index contributed by atoms with van der Waals surface area (Å²) in [5.41, 5.74) is -0.160. The molecule has 1 aromatic carbocycles. The van der Waals surface area contributed by atoms with Gasteiger partial charge in [0.1, 0.15) is 18.4 Å². The Morgan fingerprint density at radius 1 is 1.25 bits per heavy atom. The average molecular weight is 296 g/mol. The number of benzene rings is 1. The van der Waals surface area contributed by atoms with E-state index in [1.807, 2.05) is 20.8 Å². The van der Waals surface area contributed by atoms with Crippen LogP contribution in [0.2, 0.25) is 5.02 Å². The summed E-state index contributed by atoms with van der Waals surface area (Å²) in [5, 5.41) is 15.4. The summed E-state index contributed by atoms with van der Waals surface area (Å²) in [6.45, 7) is 6.04. The first kappa shape index (κ1) is 14.8. The fourth-order valence-electron chi connectivity index (χ4n) is 1.93. The van der Waals surface area contributed by atoms with Gasteiger partial charge in [-0.15, -0.1) is 0 Å². The maximum Gasteiger partial charge on any atom is 0.313 e. The summed E-state index contributed by atoms with van der Waals surface area (Å²) in [7, 11) is 0. The molecule has 1 aromatic heterocycles. The lowest BCUT2D eigenvalue weighted by molar-refractivity contribution is -0.232. The van der Waals surface area contributed by atoms with E-state index in [2.05, 4.69) is 10.1 Å². The second-order valence-electron chi connectivity index (χ2n) is 5.88. The highest BCUT2D eigenvalue weighted by molar-refractivity contribution is 6.30. The van der Waals surface area contributed by atoms with Gasteiger partial charge >= 0.3 is 5.91 Å². The quantitative estimate of drug-likeness (QED) is 0.881. The SMILES string of the molecule is CC(C)(C)CC(O)(Oc1ccc(Cl)cc1)n1cncn1. The zero-order valence-corrected chi connectivity index (χ0v) is 12.5. The lowest BCUT2D eigenvalue weighted by Gasteiger charge is -2.33. The number of aliphatic hydroxyl groups is 1. The van der Waals surface area contributed by atoms with Crippen LogP contribution >= 0.6 is 11.6 Å². The Morgan fingerprint density at radius 3 is 2.40 bits per heavy atom. The molecule has 0 saturated carbocycles. The molecule has 6 heteroatoms. The van der Waals surface area contributed by atoms with Gasteiger partial charge in [-0.25, -0.2) is 4.98 Å². The molecule has 20 heavy (non-hydrogen) atoms. The first-order valence-electron chi connectivity index (χ1n) is 6.31. The molecule has 1 atom stereocenters. The number of rotatable bonds is 4. The van der Waals surface area contributed by atoms with Crippen LogP contribution in [-0.4, -0.2) is 19.9 Å². The van der Waals surface area contributed by atoms with Crippen molar-refractivity contribution in [1.29, 1.82) is 0 Å². The average Bonchev–Trinajstić information content (AvgIpc) is 2.84. The van der Waals surface area contributed by atoms with Gasteiger partial charge in [0.2, 0.25) is 0 Å². The highest BCUT2D eigenvalue weighted by Gasteiger charge is 2.37. The van der Waals surface area contributed by atoms with E-state index in [9.17, 15) is 5.11 Å². The van der Waals surface area contributed by atoms with Gasteiger partial charge in [0.05, 0.1) is 0 Å². The standard InChI is InChI=1S/C14H18ClN3O2/c1-13(2,3)8-14(19,18-10-16-9-17-18)20-12-6-4-11(15)5-7-12/h4-7,9-10,19H,8H2,1-3H3. The van der Waals surface area contributed by atoms with Crippen LogP contribution in [0.4, 0.5) is 0 Å². The number of ether oxygens (including phenoxy) is 1. The summed E-state index contributed by atoms with van der Waals surface area (Å²) in [6, 6.07) is 6.81. The summed E-state index contributed by atoms with van der Waals surface area (Å²) >= 11 is 5.84. The highest BCUT2D eigenvalue weighted by atomic mass is 35.5. The van der Waals surface area contributed by atoms with E-state index in [0.29, 0.717) is 17.2 Å². The Labute approximate surface area is 123 Å². The molecule has 2 aromatic rings. The molecule has 0 spiro atoms. The molecule has 0 aliphatic rings. The largest absolute Gasteiger partial charge is 0.443 e. The van der Waals surface area contributed by atoms with Gasteiger partial charge in [0.15, 0.2) is 0 Å². The molecule has 108 valence electrons. The smallest absolute Gasteiger partial charge is 0.313 e. The Morgan fingerprint density at radius 2 is 1.90 bits per heavy atom. The molecule has 0 saturated heterocycles. The Balaban J connectivity index is 2.29. The Bertz CT molecular complexity index is 549. The van der Waals surface area contributed by atoms with Crippen LogP contribution in [-0.2, 0) is 5.91 Å². The lowest BCUT2D eigenvalue weighted by Crippen LogP contribution is -2.43. The summed E-state index contributed by atoms with van der Waals surface area (Å²) in [4.78, 5) is 3.86. The van der Waals surface area contributed by atoms with E-state index < -0.39 is 5.91 Å². The molecule has 5 nitrogen and oxygen atoms in total. The van der Waals surface area contributed by atoms with E-state index in [1.54, 1.807) is 24.3 Å². The van der Waals surface area contributed by atoms with Crippen LogP contribution in [0.1, 0.15) is 27.2 Å².